The van der Waals surface area contributed by atoms with Crippen molar-refractivity contribution in [1.29, 1.82) is 0 Å². The fraction of sp³-hybridized carbons (Fsp3) is 0.526. The van der Waals surface area contributed by atoms with Crippen molar-refractivity contribution in [3.63, 3.8) is 0 Å². The Hall–Kier alpha value is -1.87. The number of benzene rings is 1. The Kier molecular flexibility index (Phi) is 4.58. The average Bonchev–Trinajstić information content (AvgIpc) is 3.05. The van der Waals surface area contributed by atoms with E-state index in [4.69, 9.17) is 0 Å². The molecule has 1 amide bonds. The number of nitrogens with one attached hydrogen (secondary N) is 1. The summed E-state index contributed by atoms with van der Waals surface area (Å²) in [5, 5.41) is 3.41. The lowest BCUT2D eigenvalue weighted by Gasteiger charge is -2.56. The number of thiophene rings is 1. The molecule has 0 aliphatic carbocycles. The van der Waals surface area contributed by atoms with Crippen molar-refractivity contribution in [2.24, 2.45) is 5.92 Å². The third kappa shape index (κ3) is 3.34. The molecule has 2 bridgehead atoms. The lowest BCUT2D eigenvalue weighted by molar-refractivity contribution is -0.275. The van der Waals surface area contributed by atoms with Gasteiger partial charge in [0.2, 0.25) is 0 Å². The smallest absolute Gasteiger partial charge is 0.401 e. The van der Waals surface area contributed by atoms with Gasteiger partial charge in [0.25, 0.3) is 5.91 Å². The molecule has 4 nitrogen and oxygen atoms in total. The summed E-state index contributed by atoms with van der Waals surface area (Å²) in [5.74, 6) is -1.99. The monoisotopic (exact) mass is 416 g/mol. The van der Waals surface area contributed by atoms with E-state index in [0.29, 0.717) is 11.3 Å². The Morgan fingerprint density at radius 3 is 2.57 bits per heavy atom. The molecule has 1 N–H and O–H groups in total. The summed E-state index contributed by atoms with van der Waals surface area (Å²) in [6, 6.07) is 3.69. The van der Waals surface area contributed by atoms with E-state index in [1.807, 2.05) is 0 Å². The minimum Gasteiger partial charge on any atom is -0.401 e. The van der Waals surface area contributed by atoms with Gasteiger partial charge in [-0.1, -0.05) is 6.07 Å². The van der Waals surface area contributed by atoms with E-state index in [-0.39, 0.29) is 27.1 Å². The number of fused-ring (bicyclic) bond motifs is 4. The predicted octanol–water partition coefficient (Wildman–Crippen LogP) is 4.54. The molecule has 152 valence electrons. The number of alkyl halides is 3. The van der Waals surface area contributed by atoms with E-state index < -0.39 is 17.9 Å². The zero-order chi connectivity index (χ0) is 20.3. The van der Waals surface area contributed by atoms with Crippen LogP contribution in [0, 0.1) is 11.7 Å². The largest absolute Gasteiger partial charge is 0.573 e. The van der Waals surface area contributed by atoms with Gasteiger partial charge in [-0.15, -0.1) is 24.5 Å². The van der Waals surface area contributed by atoms with Gasteiger partial charge in [0.1, 0.15) is 0 Å². The SMILES string of the molecule is CC1(C)C(NC(=O)c2cc3ccc(F)c(OC(F)(F)F)c3s2)C2CCN1CC2. The number of hydrogen-bond donors (Lipinski definition) is 1. The molecule has 0 saturated carbocycles. The maximum absolute atomic E-state index is 13.9. The minimum absolute atomic E-state index is 0.0318. The summed E-state index contributed by atoms with van der Waals surface area (Å²) in [6.45, 7) is 6.20. The summed E-state index contributed by atoms with van der Waals surface area (Å²) in [6.07, 6.45) is -2.99. The number of rotatable bonds is 3. The Morgan fingerprint density at radius 1 is 1.29 bits per heavy atom. The Balaban J connectivity index is 1.63. The van der Waals surface area contributed by atoms with E-state index in [0.717, 1.165) is 43.3 Å². The number of carbonyl (C=O) groups is 1. The van der Waals surface area contributed by atoms with Crippen LogP contribution in [0.3, 0.4) is 0 Å². The number of carbonyl (C=O) groups excluding carboxylic acids is 1. The van der Waals surface area contributed by atoms with Crippen LogP contribution in [-0.2, 0) is 0 Å². The maximum atomic E-state index is 13.9. The first-order valence-electron chi connectivity index (χ1n) is 9.10. The molecule has 0 spiro atoms. The Bertz CT molecular complexity index is 917. The van der Waals surface area contributed by atoms with Crippen LogP contribution < -0.4 is 10.1 Å². The summed E-state index contributed by atoms with van der Waals surface area (Å²) in [5.41, 5.74) is -0.190. The van der Waals surface area contributed by atoms with Crippen LogP contribution in [0.4, 0.5) is 17.6 Å². The molecular weight excluding hydrogens is 396 g/mol. The molecule has 9 heteroatoms. The molecule has 1 atom stereocenters. The summed E-state index contributed by atoms with van der Waals surface area (Å²) in [7, 11) is 0. The number of halogens is 4. The number of ether oxygens (including phenoxy) is 1. The van der Waals surface area contributed by atoms with E-state index >= 15 is 0 Å². The van der Waals surface area contributed by atoms with Crippen LogP contribution in [-0.4, -0.2) is 41.8 Å². The zero-order valence-corrected chi connectivity index (χ0v) is 16.2. The molecule has 4 heterocycles. The molecule has 1 unspecified atom stereocenters. The van der Waals surface area contributed by atoms with E-state index in [1.54, 1.807) is 0 Å². The van der Waals surface area contributed by atoms with Crippen molar-refractivity contribution in [2.45, 2.75) is 44.6 Å². The second-order valence-electron chi connectivity index (χ2n) is 7.88. The fourth-order valence-electron chi connectivity index (χ4n) is 4.47. The highest BCUT2D eigenvalue weighted by molar-refractivity contribution is 7.21. The molecule has 3 fully saturated rings. The van der Waals surface area contributed by atoms with Crippen LogP contribution in [0.2, 0.25) is 0 Å². The lowest BCUT2D eigenvalue weighted by Crippen LogP contribution is -2.69. The summed E-state index contributed by atoms with van der Waals surface area (Å²) in [4.78, 5) is 15.4. The molecule has 3 aliphatic heterocycles. The molecule has 0 radical (unpaired) electrons. The van der Waals surface area contributed by atoms with Crippen molar-refractivity contribution in [3.05, 3.63) is 28.9 Å². The van der Waals surface area contributed by atoms with Crippen molar-refractivity contribution in [1.82, 2.24) is 10.2 Å². The predicted molar refractivity (Wildman–Crippen MR) is 98.1 cm³/mol. The first-order chi connectivity index (χ1) is 13.1. The van der Waals surface area contributed by atoms with Gasteiger partial charge in [-0.2, -0.15) is 0 Å². The van der Waals surface area contributed by atoms with Gasteiger partial charge in [-0.25, -0.2) is 4.39 Å². The second-order valence-corrected chi connectivity index (χ2v) is 8.93. The van der Waals surface area contributed by atoms with E-state index in [2.05, 4.69) is 28.8 Å². The zero-order valence-electron chi connectivity index (χ0n) is 15.4. The molecule has 28 heavy (non-hydrogen) atoms. The van der Waals surface area contributed by atoms with E-state index in [1.165, 1.54) is 12.1 Å². The maximum Gasteiger partial charge on any atom is 0.573 e. The summed E-state index contributed by atoms with van der Waals surface area (Å²) >= 11 is 0.805. The summed E-state index contributed by atoms with van der Waals surface area (Å²) < 4.78 is 55.6. The van der Waals surface area contributed by atoms with Gasteiger partial charge in [0.15, 0.2) is 11.6 Å². The normalized spacial score (nSPS) is 26.4. The van der Waals surface area contributed by atoms with Crippen LogP contribution in [0.5, 0.6) is 5.75 Å². The molecule has 1 aromatic carbocycles. The molecule has 3 aliphatic rings. The van der Waals surface area contributed by atoms with Gasteiger partial charge in [-0.05, 0) is 63.2 Å². The van der Waals surface area contributed by atoms with E-state index in [9.17, 15) is 22.4 Å². The lowest BCUT2D eigenvalue weighted by atomic mass is 9.72. The quantitative estimate of drug-likeness (QED) is 0.747. The third-order valence-electron chi connectivity index (χ3n) is 5.91. The van der Waals surface area contributed by atoms with Crippen LogP contribution in [0.25, 0.3) is 10.1 Å². The van der Waals surface area contributed by atoms with Crippen LogP contribution >= 0.6 is 11.3 Å². The number of amides is 1. The average molecular weight is 416 g/mol. The Labute approximate surface area is 163 Å². The van der Waals surface area contributed by atoms with Gasteiger partial charge in [0.05, 0.1) is 9.58 Å². The fourth-order valence-corrected chi connectivity index (χ4v) is 5.50. The van der Waals surface area contributed by atoms with Crippen molar-refractivity contribution in [2.75, 3.05) is 13.1 Å². The number of piperidine rings is 3. The first-order valence-corrected chi connectivity index (χ1v) is 9.91. The Morgan fingerprint density at radius 2 is 1.96 bits per heavy atom. The molecule has 1 aromatic heterocycles. The number of nitrogens with zero attached hydrogens (tertiary/aromatic N) is 1. The van der Waals surface area contributed by atoms with Crippen molar-refractivity contribution in [3.8, 4) is 5.75 Å². The first kappa shape index (κ1) is 19.4. The van der Waals surface area contributed by atoms with Crippen molar-refractivity contribution >= 4 is 27.3 Å². The standard InChI is InChI=1S/C19H20F4N2O2S/c1-18(2)16(10-5-7-25(18)8-6-10)24-17(26)13-9-11-3-4-12(20)14(15(11)28-13)27-19(21,22)23/h3-4,9-10,16H,5-8H2,1-2H3,(H,24,26). The van der Waals surface area contributed by atoms with Gasteiger partial charge in [-0.3, -0.25) is 9.69 Å². The highest BCUT2D eigenvalue weighted by Gasteiger charge is 2.48. The second kappa shape index (κ2) is 6.59. The van der Waals surface area contributed by atoms with Gasteiger partial charge >= 0.3 is 6.36 Å². The van der Waals surface area contributed by atoms with Gasteiger partial charge in [0, 0.05) is 11.6 Å². The molecule has 3 saturated heterocycles. The third-order valence-corrected chi connectivity index (χ3v) is 7.06. The van der Waals surface area contributed by atoms with Crippen molar-refractivity contribution < 1.29 is 27.1 Å². The highest BCUT2D eigenvalue weighted by atomic mass is 32.1. The van der Waals surface area contributed by atoms with Gasteiger partial charge < -0.3 is 10.1 Å². The number of hydrogen-bond acceptors (Lipinski definition) is 4. The highest BCUT2D eigenvalue weighted by Crippen LogP contribution is 2.41. The molecule has 2 aromatic rings. The van der Waals surface area contributed by atoms with Crippen LogP contribution in [0.1, 0.15) is 36.4 Å². The van der Waals surface area contributed by atoms with Crippen LogP contribution in [0.15, 0.2) is 18.2 Å². The molecule has 5 rings (SSSR count). The topological polar surface area (TPSA) is 41.6 Å². The molecular formula is C19H20F4N2O2S. The minimum atomic E-state index is -5.01.